The number of aryl methyl sites for hydroxylation is 1. The molecule has 0 radical (unpaired) electrons. The van der Waals surface area contributed by atoms with E-state index in [-0.39, 0.29) is 23.3 Å². The van der Waals surface area contributed by atoms with Crippen molar-refractivity contribution in [2.75, 3.05) is 7.11 Å². The van der Waals surface area contributed by atoms with Crippen LogP contribution in [-0.4, -0.2) is 30.2 Å². The number of carbonyl (C=O) groups is 2. The maximum Gasteiger partial charge on any atom is 0.342 e. The van der Waals surface area contributed by atoms with Crippen molar-refractivity contribution >= 4 is 11.9 Å². The Morgan fingerprint density at radius 1 is 1.22 bits per heavy atom. The van der Waals surface area contributed by atoms with Crippen molar-refractivity contribution in [1.82, 2.24) is 5.32 Å². The molecule has 6 heteroatoms. The molecule has 2 aromatic rings. The smallest absolute Gasteiger partial charge is 0.342 e. The van der Waals surface area contributed by atoms with Crippen LogP contribution in [0.3, 0.4) is 0 Å². The summed E-state index contributed by atoms with van der Waals surface area (Å²) in [6, 6.07) is 12.2. The highest BCUT2D eigenvalue weighted by Crippen LogP contribution is 2.29. The van der Waals surface area contributed by atoms with Gasteiger partial charge in [-0.1, -0.05) is 24.3 Å². The van der Waals surface area contributed by atoms with Crippen LogP contribution >= 0.6 is 0 Å². The largest absolute Gasteiger partial charge is 0.507 e. The Labute approximate surface area is 158 Å². The van der Waals surface area contributed by atoms with Crippen molar-refractivity contribution in [2.24, 2.45) is 0 Å². The molecule has 0 unspecified atom stereocenters. The van der Waals surface area contributed by atoms with Crippen LogP contribution in [0.2, 0.25) is 0 Å². The number of esters is 1. The van der Waals surface area contributed by atoms with E-state index in [9.17, 15) is 14.7 Å². The zero-order valence-electron chi connectivity index (χ0n) is 15.4. The highest BCUT2D eigenvalue weighted by atomic mass is 16.5. The number of amides is 1. The van der Waals surface area contributed by atoms with Gasteiger partial charge in [0.1, 0.15) is 17.1 Å². The fourth-order valence-corrected chi connectivity index (χ4v) is 3.28. The Morgan fingerprint density at radius 3 is 2.78 bits per heavy atom. The number of methoxy groups -OCH3 is 1. The van der Waals surface area contributed by atoms with Gasteiger partial charge < -0.3 is 19.9 Å². The van der Waals surface area contributed by atoms with E-state index in [1.165, 1.54) is 37.8 Å². The predicted molar refractivity (Wildman–Crippen MR) is 99.8 cm³/mol. The van der Waals surface area contributed by atoms with Gasteiger partial charge in [0.15, 0.2) is 6.10 Å². The van der Waals surface area contributed by atoms with Crippen LogP contribution < -0.4 is 10.1 Å². The first kappa shape index (κ1) is 18.8. The van der Waals surface area contributed by atoms with E-state index >= 15 is 0 Å². The maximum absolute atomic E-state index is 12.5. The highest BCUT2D eigenvalue weighted by molar-refractivity contribution is 5.95. The molecule has 6 nitrogen and oxygen atoms in total. The average molecular weight is 369 g/mol. The number of phenols is 1. The van der Waals surface area contributed by atoms with Gasteiger partial charge in [0.2, 0.25) is 0 Å². The van der Waals surface area contributed by atoms with Gasteiger partial charge in [-0.25, -0.2) is 4.79 Å². The van der Waals surface area contributed by atoms with Crippen molar-refractivity contribution in [3.05, 3.63) is 59.2 Å². The lowest BCUT2D eigenvalue weighted by Crippen LogP contribution is -2.39. The number of fused-ring (bicyclic) bond motifs is 1. The standard InChI is InChI=1S/C21H23NO5/c1-13(27-21(25)17-12-15(26-2)10-11-19(17)23)20(24)22-18-9-5-7-14-6-3-4-8-16(14)18/h3-4,6,8,10-13,18,23H,5,7,9H2,1-2H3,(H,22,24)/t13-,18-/m0/s1. The first-order chi connectivity index (χ1) is 13.0. The maximum atomic E-state index is 12.5. The van der Waals surface area contributed by atoms with Crippen molar-refractivity contribution in [1.29, 1.82) is 0 Å². The Bertz CT molecular complexity index is 848. The number of carbonyl (C=O) groups excluding carboxylic acids is 2. The molecular formula is C21H23NO5. The van der Waals surface area contributed by atoms with Crippen LogP contribution in [-0.2, 0) is 16.0 Å². The molecule has 2 N–H and O–H groups in total. The summed E-state index contributed by atoms with van der Waals surface area (Å²) in [5.41, 5.74) is 2.30. The number of aromatic hydroxyl groups is 1. The monoisotopic (exact) mass is 369 g/mol. The van der Waals surface area contributed by atoms with Crippen LogP contribution in [0.15, 0.2) is 42.5 Å². The second kappa shape index (κ2) is 8.12. The third-order valence-corrected chi connectivity index (χ3v) is 4.76. The summed E-state index contributed by atoms with van der Waals surface area (Å²) in [5.74, 6) is -0.962. The number of benzene rings is 2. The van der Waals surface area contributed by atoms with E-state index in [1.807, 2.05) is 18.2 Å². The highest BCUT2D eigenvalue weighted by Gasteiger charge is 2.26. The lowest BCUT2D eigenvalue weighted by Gasteiger charge is -2.27. The van der Waals surface area contributed by atoms with Gasteiger partial charge in [-0.2, -0.15) is 0 Å². The minimum Gasteiger partial charge on any atom is -0.507 e. The summed E-state index contributed by atoms with van der Waals surface area (Å²) in [6.07, 6.45) is 1.85. The van der Waals surface area contributed by atoms with Crippen molar-refractivity contribution in [3.8, 4) is 11.5 Å². The summed E-state index contributed by atoms with van der Waals surface area (Å²) in [6.45, 7) is 1.51. The van der Waals surface area contributed by atoms with Crippen LogP contribution in [0.5, 0.6) is 11.5 Å². The minimum absolute atomic E-state index is 0.0444. The Kier molecular flexibility index (Phi) is 5.64. The molecule has 1 aliphatic rings. The van der Waals surface area contributed by atoms with Crippen LogP contribution in [0.1, 0.15) is 47.3 Å². The predicted octanol–water partition coefficient (Wildman–Crippen LogP) is 3.14. The molecule has 27 heavy (non-hydrogen) atoms. The van der Waals surface area contributed by atoms with Gasteiger partial charge in [0, 0.05) is 0 Å². The molecule has 0 saturated heterocycles. The fraction of sp³-hybridized carbons (Fsp3) is 0.333. The van der Waals surface area contributed by atoms with Crippen molar-refractivity contribution in [3.63, 3.8) is 0 Å². The SMILES string of the molecule is COc1ccc(O)c(C(=O)O[C@@H](C)C(=O)N[C@H]2CCCc3ccccc32)c1. The van der Waals surface area contributed by atoms with E-state index in [1.54, 1.807) is 0 Å². The van der Waals surface area contributed by atoms with Gasteiger partial charge >= 0.3 is 5.97 Å². The lowest BCUT2D eigenvalue weighted by atomic mass is 9.87. The normalized spacial score (nSPS) is 16.7. The third kappa shape index (κ3) is 4.22. The lowest BCUT2D eigenvalue weighted by molar-refractivity contribution is -0.130. The molecule has 2 atom stereocenters. The van der Waals surface area contributed by atoms with Gasteiger partial charge in [-0.05, 0) is 55.5 Å². The molecule has 142 valence electrons. The molecule has 0 saturated carbocycles. The Hall–Kier alpha value is -3.02. The summed E-state index contributed by atoms with van der Waals surface area (Å²) < 4.78 is 10.3. The van der Waals surface area contributed by atoms with Gasteiger partial charge in [0.05, 0.1) is 13.2 Å². The minimum atomic E-state index is -0.989. The molecule has 0 fully saturated rings. The average Bonchev–Trinajstić information content (AvgIpc) is 2.68. The third-order valence-electron chi connectivity index (χ3n) is 4.76. The van der Waals surface area contributed by atoms with Crippen molar-refractivity contribution < 1.29 is 24.2 Å². The summed E-state index contributed by atoms with van der Waals surface area (Å²) in [7, 11) is 1.46. The number of rotatable bonds is 5. The molecule has 0 bridgehead atoms. The van der Waals surface area contributed by atoms with E-state index in [0.29, 0.717) is 5.75 Å². The quantitative estimate of drug-likeness (QED) is 0.791. The summed E-state index contributed by atoms with van der Waals surface area (Å²) in [5, 5.41) is 12.8. The molecule has 0 aliphatic heterocycles. The summed E-state index contributed by atoms with van der Waals surface area (Å²) in [4.78, 5) is 24.8. The van der Waals surface area contributed by atoms with Crippen LogP contribution in [0, 0.1) is 0 Å². The Morgan fingerprint density at radius 2 is 2.00 bits per heavy atom. The number of phenolic OH excluding ortho intramolecular Hbond substituents is 1. The zero-order chi connectivity index (χ0) is 19.4. The van der Waals surface area contributed by atoms with E-state index in [4.69, 9.17) is 9.47 Å². The summed E-state index contributed by atoms with van der Waals surface area (Å²) >= 11 is 0. The van der Waals surface area contributed by atoms with E-state index in [0.717, 1.165) is 24.8 Å². The van der Waals surface area contributed by atoms with Gasteiger partial charge in [0.25, 0.3) is 5.91 Å². The second-order valence-corrected chi connectivity index (χ2v) is 6.58. The topological polar surface area (TPSA) is 84.9 Å². The van der Waals surface area contributed by atoms with Crippen LogP contribution in [0.4, 0.5) is 0 Å². The number of hydrogen-bond acceptors (Lipinski definition) is 5. The number of ether oxygens (including phenoxy) is 2. The van der Waals surface area contributed by atoms with E-state index < -0.39 is 12.1 Å². The molecule has 0 heterocycles. The molecule has 1 amide bonds. The van der Waals surface area contributed by atoms with Gasteiger partial charge in [-0.3, -0.25) is 4.79 Å². The molecule has 3 rings (SSSR count). The molecule has 1 aliphatic carbocycles. The van der Waals surface area contributed by atoms with Crippen molar-refractivity contribution in [2.45, 2.75) is 38.3 Å². The van der Waals surface area contributed by atoms with E-state index in [2.05, 4.69) is 11.4 Å². The number of nitrogens with one attached hydrogen (secondary N) is 1. The Balaban J connectivity index is 1.66. The first-order valence-corrected chi connectivity index (χ1v) is 8.95. The molecule has 2 aromatic carbocycles. The number of hydrogen-bond donors (Lipinski definition) is 2. The molecule has 0 spiro atoms. The molecular weight excluding hydrogens is 346 g/mol. The second-order valence-electron chi connectivity index (χ2n) is 6.58. The molecule has 0 aromatic heterocycles. The fourth-order valence-electron chi connectivity index (χ4n) is 3.28. The zero-order valence-corrected chi connectivity index (χ0v) is 15.4. The first-order valence-electron chi connectivity index (χ1n) is 8.95. The van der Waals surface area contributed by atoms with Crippen LogP contribution in [0.25, 0.3) is 0 Å². The van der Waals surface area contributed by atoms with Gasteiger partial charge in [-0.15, -0.1) is 0 Å².